The first kappa shape index (κ1) is 14.3. The average molecular weight is 295 g/mol. The number of halogens is 1. The number of aromatic nitrogens is 2. The number of anilines is 1. The fourth-order valence-electron chi connectivity index (χ4n) is 2.42. The molecule has 112 valence electrons. The quantitative estimate of drug-likeness (QED) is 0.783. The van der Waals surface area contributed by atoms with E-state index in [1.165, 1.54) is 17.7 Å². The summed E-state index contributed by atoms with van der Waals surface area (Å²) in [6.45, 7) is 2.71. The molecule has 3 rings (SSSR count). The van der Waals surface area contributed by atoms with E-state index < -0.39 is 0 Å². The van der Waals surface area contributed by atoms with Crippen LogP contribution in [0.2, 0.25) is 0 Å². The van der Waals surface area contributed by atoms with Crippen molar-refractivity contribution in [2.75, 3.05) is 5.32 Å². The molecule has 0 atom stereocenters. The Morgan fingerprint density at radius 2 is 1.82 bits per heavy atom. The van der Waals surface area contributed by atoms with Gasteiger partial charge in [-0.2, -0.15) is 5.10 Å². The van der Waals surface area contributed by atoms with E-state index in [0.29, 0.717) is 6.54 Å². The maximum absolute atomic E-state index is 12.9. The molecule has 0 saturated heterocycles. The highest BCUT2D eigenvalue weighted by Gasteiger charge is 2.08. The smallest absolute Gasteiger partial charge is 0.124 e. The van der Waals surface area contributed by atoms with Gasteiger partial charge in [0.2, 0.25) is 0 Å². The molecule has 0 aliphatic carbocycles. The maximum atomic E-state index is 12.9. The molecule has 2 aromatic carbocycles. The third-order valence-electron chi connectivity index (χ3n) is 3.69. The van der Waals surface area contributed by atoms with Crippen LogP contribution in [0.5, 0.6) is 0 Å². The fourth-order valence-corrected chi connectivity index (χ4v) is 2.42. The maximum Gasteiger partial charge on any atom is 0.124 e. The second kappa shape index (κ2) is 6.02. The molecule has 0 aliphatic rings. The van der Waals surface area contributed by atoms with Gasteiger partial charge in [0.1, 0.15) is 11.6 Å². The minimum Gasteiger partial charge on any atom is -0.366 e. The highest BCUT2D eigenvalue weighted by Crippen LogP contribution is 2.24. The van der Waals surface area contributed by atoms with Gasteiger partial charge in [0.25, 0.3) is 0 Å². The van der Waals surface area contributed by atoms with Gasteiger partial charge in [0.05, 0.1) is 5.69 Å². The first-order valence-corrected chi connectivity index (χ1v) is 7.22. The van der Waals surface area contributed by atoms with Crippen LogP contribution < -0.4 is 5.32 Å². The van der Waals surface area contributed by atoms with Gasteiger partial charge in [0.15, 0.2) is 0 Å². The number of hydrogen-bond donors (Lipinski definition) is 1. The Labute approximate surface area is 129 Å². The van der Waals surface area contributed by atoms with Crippen LogP contribution in [0, 0.1) is 12.7 Å². The van der Waals surface area contributed by atoms with Crippen molar-refractivity contribution < 1.29 is 4.39 Å². The van der Waals surface area contributed by atoms with E-state index in [1.807, 2.05) is 29.9 Å². The average Bonchev–Trinajstić information content (AvgIpc) is 2.88. The van der Waals surface area contributed by atoms with Crippen molar-refractivity contribution in [3.8, 4) is 11.3 Å². The summed E-state index contributed by atoms with van der Waals surface area (Å²) in [6.07, 6.45) is 0. The van der Waals surface area contributed by atoms with Crippen molar-refractivity contribution in [1.29, 1.82) is 0 Å². The summed E-state index contributed by atoms with van der Waals surface area (Å²) < 4.78 is 14.7. The third-order valence-corrected chi connectivity index (χ3v) is 3.69. The SMILES string of the molecule is Cc1ccccc1-c1cc(NCc2ccc(F)cc2)n(C)n1. The monoisotopic (exact) mass is 295 g/mol. The van der Waals surface area contributed by atoms with Gasteiger partial charge in [-0.25, -0.2) is 4.39 Å². The summed E-state index contributed by atoms with van der Waals surface area (Å²) in [5.74, 6) is 0.716. The first-order chi connectivity index (χ1) is 10.6. The van der Waals surface area contributed by atoms with Gasteiger partial charge in [-0.15, -0.1) is 0 Å². The molecular weight excluding hydrogens is 277 g/mol. The molecule has 0 bridgehead atoms. The number of benzene rings is 2. The summed E-state index contributed by atoms with van der Waals surface area (Å²) in [4.78, 5) is 0. The second-order valence-corrected chi connectivity index (χ2v) is 5.33. The third kappa shape index (κ3) is 3.01. The Bertz CT molecular complexity index is 775. The van der Waals surface area contributed by atoms with E-state index in [1.54, 1.807) is 12.1 Å². The Hall–Kier alpha value is -2.62. The number of hydrogen-bond acceptors (Lipinski definition) is 2. The largest absolute Gasteiger partial charge is 0.366 e. The predicted octanol–water partition coefficient (Wildman–Crippen LogP) is 4.15. The Balaban J connectivity index is 1.78. The van der Waals surface area contributed by atoms with Crippen LogP contribution >= 0.6 is 0 Å². The summed E-state index contributed by atoms with van der Waals surface area (Å²) in [5.41, 5.74) is 4.31. The van der Waals surface area contributed by atoms with Crippen molar-refractivity contribution in [3.05, 3.63) is 71.5 Å². The highest BCUT2D eigenvalue weighted by molar-refractivity contribution is 5.66. The highest BCUT2D eigenvalue weighted by atomic mass is 19.1. The molecule has 0 saturated carbocycles. The molecule has 3 aromatic rings. The van der Waals surface area contributed by atoms with E-state index >= 15 is 0 Å². The van der Waals surface area contributed by atoms with E-state index in [9.17, 15) is 4.39 Å². The van der Waals surface area contributed by atoms with Crippen LogP contribution in [0.3, 0.4) is 0 Å². The molecule has 0 spiro atoms. The van der Waals surface area contributed by atoms with Gasteiger partial charge < -0.3 is 5.32 Å². The van der Waals surface area contributed by atoms with E-state index in [4.69, 9.17) is 0 Å². The predicted molar refractivity (Wildman–Crippen MR) is 87.1 cm³/mol. The van der Waals surface area contributed by atoms with Gasteiger partial charge in [-0.05, 0) is 30.2 Å². The van der Waals surface area contributed by atoms with Crippen molar-refractivity contribution in [1.82, 2.24) is 9.78 Å². The topological polar surface area (TPSA) is 29.9 Å². The number of rotatable bonds is 4. The molecular formula is C18H18FN3. The number of aryl methyl sites for hydroxylation is 2. The van der Waals surface area contributed by atoms with Crippen molar-refractivity contribution >= 4 is 5.82 Å². The fraction of sp³-hybridized carbons (Fsp3) is 0.167. The first-order valence-electron chi connectivity index (χ1n) is 7.22. The van der Waals surface area contributed by atoms with Crippen LogP contribution in [-0.2, 0) is 13.6 Å². The lowest BCUT2D eigenvalue weighted by molar-refractivity contribution is 0.627. The minimum absolute atomic E-state index is 0.217. The van der Waals surface area contributed by atoms with Gasteiger partial charge >= 0.3 is 0 Å². The number of nitrogens with zero attached hydrogens (tertiary/aromatic N) is 2. The molecule has 0 amide bonds. The van der Waals surface area contributed by atoms with Crippen molar-refractivity contribution in [2.24, 2.45) is 7.05 Å². The lowest BCUT2D eigenvalue weighted by Crippen LogP contribution is -2.04. The lowest BCUT2D eigenvalue weighted by Gasteiger charge is -2.06. The van der Waals surface area contributed by atoms with Crippen molar-refractivity contribution in [2.45, 2.75) is 13.5 Å². The van der Waals surface area contributed by atoms with Crippen LogP contribution in [0.1, 0.15) is 11.1 Å². The van der Waals surface area contributed by atoms with E-state index in [-0.39, 0.29) is 5.82 Å². The zero-order valence-electron chi connectivity index (χ0n) is 12.7. The van der Waals surface area contributed by atoms with Crippen LogP contribution in [-0.4, -0.2) is 9.78 Å². The molecule has 1 heterocycles. The Morgan fingerprint density at radius 3 is 2.55 bits per heavy atom. The van der Waals surface area contributed by atoms with Gasteiger partial charge in [0, 0.05) is 25.2 Å². The van der Waals surface area contributed by atoms with Crippen LogP contribution in [0.4, 0.5) is 10.2 Å². The summed E-state index contributed by atoms with van der Waals surface area (Å²) in [7, 11) is 1.91. The zero-order valence-corrected chi connectivity index (χ0v) is 12.7. The molecule has 1 N–H and O–H groups in total. The van der Waals surface area contributed by atoms with Crippen LogP contribution in [0.25, 0.3) is 11.3 Å². The Kier molecular flexibility index (Phi) is 3.92. The molecule has 0 aliphatic heterocycles. The van der Waals surface area contributed by atoms with Crippen molar-refractivity contribution in [3.63, 3.8) is 0 Å². The lowest BCUT2D eigenvalue weighted by atomic mass is 10.1. The van der Waals surface area contributed by atoms with Gasteiger partial charge in [-0.3, -0.25) is 4.68 Å². The molecule has 1 aromatic heterocycles. The van der Waals surface area contributed by atoms with Crippen LogP contribution in [0.15, 0.2) is 54.6 Å². The molecule has 0 unspecified atom stereocenters. The molecule has 3 nitrogen and oxygen atoms in total. The molecule has 0 fully saturated rings. The Morgan fingerprint density at radius 1 is 1.09 bits per heavy atom. The number of nitrogens with one attached hydrogen (secondary N) is 1. The zero-order chi connectivity index (χ0) is 15.5. The van der Waals surface area contributed by atoms with E-state index in [2.05, 4.69) is 29.5 Å². The summed E-state index contributed by atoms with van der Waals surface area (Å²) in [6, 6.07) is 16.7. The summed E-state index contributed by atoms with van der Waals surface area (Å²) >= 11 is 0. The molecule has 22 heavy (non-hydrogen) atoms. The standard InChI is InChI=1S/C18H18FN3/c1-13-5-3-4-6-16(13)17-11-18(22(2)21-17)20-12-14-7-9-15(19)10-8-14/h3-11,20H,12H2,1-2H3. The minimum atomic E-state index is -0.217. The molecule has 4 heteroatoms. The van der Waals surface area contributed by atoms with E-state index in [0.717, 1.165) is 22.6 Å². The second-order valence-electron chi connectivity index (χ2n) is 5.33. The van der Waals surface area contributed by atoms with Gasteiger partial charge in [-0.1, -0.05) is 36.4 Å². The summed E-state index contributed by atoms with van der Waals surface area (Å²) in [5, 5.41) is 7.90. The normalized spacial score (nSPS) is 10.7. The molecule has 0 radical (unpaired) electrons.